The van der Waals surface area contributed by atoms with Crippen molar-refractivity contribution >= 4 is 29.2 Å². The second-order valence-electron chi connectivity index (χ2n) is 7.58. The van der Waals surface area contributed by atoms with E-state index in [1.165, 1.54) is 0 Å². The monoisotopic (exact) mass is 363 g/mol. The molecule has 0 radical (unpaired) electrons. The number of carbonyl (C=O) groups excluding carboxylic acids is 1. The zero-order valence-corrected chi connectivity index (χ0v) is 16.6. The van der Waals surface area contributed by atoms with Gasteiger partial charge < -0.3 is 15.7 Å². The topological polar surface area (TPSA) is 78.9 Å². The first kappa shape index (κ1) is 19.8. The summed E-state index contributed by atoms with van der Waals surface area (Å²) in [5.74, 6) is 0.836. The number of hydrogen-bond acceptors (Lipinski definition) is 4. The molecule has 0 aliphatic heterocycles. The molecule has 0 unspecified atom stereocenters. The number of aliphatic hydroxyl groups excluding tert-OH is 1. The summed E-state index contributed by atoms with van der Waals surface area (Å²) in [6, 6.07) is 5.74. The van der Waals surface area contributed by atoms with Crippen molar-refractivity contribution in [2.75, 3.05) is 19.3 Å². The number of benzene rings is 1. The number of fused-ring (bicyclic) bond motifs is 1. The molecular weight excluding hydrogens is 334 g/mol. The molecule has 0 saturated carbocycles. The van der Waals surface area contributed by atoms with Gasteiger partial charge in [0.05, 0.1) is 17.7 Å². The van der Waals surface area contributed by atoms with Crippen molar-refractivity contribution in [1.82, 2.24) is 4.90 Å². The van der Waals surface area contributed by atoms with Crippen LogP contribution in [0.5, 0.6) is 0 Å². The van der Waals surface area contributed by atoms with Crippen LogP contribution in [0.25, 0.3) is 0 Å². The van der Waals surface area contributed by atoms with Crippen LogP contribution in [0.3, 0.4) is 0 Å². The van der Waals surface area contributed by atoms with Gasteiger partial charge in [0.25, 0.3) is 0 Å². The van der Waals surface area contributed by atoms with Gasteiger partial charge in [0.2, 0.25) is 5.91 Å². The predicted molar refractivity (Wildman–Crippen MR) is 106 cm³/mol. The van der Waals surface area contributed by atoms with E-state index in [4.69, 9.17) is 5.73 Å². The predicted octanol–water partition coefficient (Wildman–Crippen LogP) is 2.69. The fraction of sp³-hybridized carbons (Fsp3) is 0.579. The van der Waals surface area contributed by atoms with Gasteiger partial charge in [-0.05, 0) is 36.6 Å². The Morgan fingerprint density at radius 2 is 2.12 bits per heavy atom. The third-order valence-electron chi connectivity index (χ3n) is 4.39. The number of amidine groups is 1. The Morgan fingerprint density at radius 3 is 2.72 bits per heavy atom. The summed E-state index contributed by atoms with van der Waals surface area (Å²) in [4.78, 5) is 18.4. The summed E-state index contributed by atoms with van der Waals surface area (Å²) in [6.45, 7) is 9.55. The second-order valence-corrected chi connectivity index (χ2v) is 9.50. The smallest absolute Gasteiger partial charge is 0.227 e. The molecule has 2 rings (SSSR count). The van der Waals surface area contributed by atoms with E-state index in [0.29, 0.717) is 6.42 Å². The highest BCUT2D eigenvalue weighted by molar-refractivity contribution is 8.00. The standard InChI is InChI=1S/C19H29N3O2S/c1-12(22(5)8-9-25-19(2,3)4)21-14-7-6-13-10-16(23)17(18(20)24)15(13)11-14/h6-7,11,16-17,23H,8-10H2,1-5H3,(H2,20,24)/t16-,17-/m1/s1. The highest BCUT2D eigenvalue weighted by atomic mass is 32.2. The van der Waals surface area contributed by atoms with Gasteiger partial charge in [-0.15, -0.1) is 0 Å². The van der Waals surface area contributed by atoms with Gasteiger partial charge in [-0.25, -0.2) is 4.99 Å². The molecule has 1 aliphatic carbocycles. The quantitative estimate of drug-likeness (QED) is 0.623. The maximum atomic E-state index is 11.6. The van der Waals surface area contributed by atoms with Crippen LogP contribution in [-0.2, 0) is 11.2 Å². The summed E-state index contributed by atoms with van der Waals surface area (Å²) in [5.41, 5.74) is 8.01. The van der Waals surface area contributed by atoms with Crippen molar-refractivity contribution in [3.63, 3.8) is 0 Å². The van der Waals surface area contributed by atoms with Crippen molar-refractivity contribution in [3.8, 4) is 0 Å². The minimum absolute atomic E-state index is 0.260. The van der Waals surface area contributed by atoms with Crippen molar-refractivity contribution in [2.24, 2.45) is 10.7 Å². The number of carbonyl (C=O) groups is 1. The Labute approximate surface area is 154 Å². The summed E-state index contributed by atoms with van der Waals surface area (Å²) in [7, 11) is 2.03. The van der Waals surface area contributed by atoms with Gasteiger partial charge in [0.15, 0.2) is 0 Å². The molecule has 1 aromatic rings. The first-order chi connectivity index (χ1) is 11.6. The molecular formula is C19H29N3O2S. The Morgan fingerprint density at radius 1 is 1.44 bits per heavy atom. The second kappa shape index (κ2) is 7.79. The SMILES string of the molecule is CC(=Nc1ccc2c(c1)[C@@H](C(N)=O)[C@H](O)C2)N(C)CCSC(C)(C)C. The maximum Gasteiger partial charge on any atom is 0.227 e. The summed E-state index contributed by atoms with van der Waals surface area (Å²) >= 11 is 1.93. The van der Waals surface area contributed by atoms with Crippen LogP contribution in [0.1, 0.15) is 44.7 Å². The lowest BCUT2D eigenvalue weighted by molar-refractivity contribution is -0.121. The molecule has 1 amide bonds. The van der Waals surface area contributed by atoms with Crippen LogP contribution in [0.15, 0.2) is 23.2 Å². The largest absolute Gasteiger partial charge is 0.392 e. The number of thioether (sulfide) groups is 1. The summed E-state index contributed by atoms with van der Waals surface area (Å²) in [5, 5.41) is 10.1. The highest BCUT2D eigenvalue weighted by Gasteiger charge is 2.35. The zero-order chi connectivity index (χ0) is 18.8. The first-order valence-electron chi connectivity index (χ1n) is 8.59. The van der Waals surface area contributed by atoms with E-state index in [-0.39, 0.29) is 4.75 Å². The van der Waals surface area contributed by atoms with Gasteiger partial charge in [-0.3, -0.25) is 4.79 Å². The van der Waals surface area contributed by atoms with Crippen LogP contribution in [0.4, 0.5) is 5.69 Å². The molecule has 0 heterocycles. The average molecular weight is 364 g/mol. The van der Waals surface area contributed by atoms with Crippen molar-refractivity contribution < 1.29 is 9.90 Å². The lowest BCUT2D eigenvalue weighted by Crippen LogP contribution is -2.28. The van der Waals surface area contributed by atoms with E-state index in [0.717, 1.165) is 34.9 Å². The van der Waals surface area contributed by atoms with Crippen molar-refractivity contribution in [1.29, 1.82) is 0 Å². The van der Waals surface area contributed by atoms with Gasteiger partial charge in [0, 0.05) is 24.1 Å². The molecule has 0 aromatic heterocycles. The fourth-order valence-corrected chi connectivity index (χ4v) is 3.92. The molecule has 6 heteroatoms. The minimum atomic E-state index is -0.732. The fourth-order valence-electron chi connectivity index (χ4n) is 2.94. The number of nitrogens with zero attached hydrogens (tertiary/aromatic N) is 2. The van der Waals surface area contributed by atoms with E-state index in [2.05, 4.69) is 30.7 Å². The van der Waals surface area contributed by atoms with Crippen LogP contribution < -0.4 is 5.73 Å². The number of rotatable bonds is 5. The first-order valence-corrected chi connectivity index (χ1v) is 9.57. The van der Waals surface area contributed by atoms with Gasteiger partial charge in [-0.2, -0.15) is 11.8 Å². The van der Waals surface area contributed by atoms with Gasteiger partial charge >= 0.3 is 0 Å². The zero-order valence-electron chi connectivity index (χ0n) is 15.7. The van der Waals surface area contributed by atoms with Crippen LogP contribution in [0.2, 0.25) is 0 Å². The van der Waals surface area contributed by atoms with Crippen LogP contribution in [0, 0.1) is 0 Å². The molecule has 0 bridgehead atoms. The number of amides is 1. The van der Waals surface area contributed by atoms with Crippen LogP contribution in [-0.4, -0.2) is 51.9 Å². The lowest BCUT2D eigenvalue weighted by Gasteiger charge is -2.22. The molecule has 0 spiro atoms. The van der Waals surface area contributed by atoms with Gasteiger partial charge in [-0.1, -0.05) is 26.8 Å². The molecule has 5 nitrogen and oxygen atoms in total. The number of aliphatic hydroxyl groups is 1. The van der Waals surface area contributed by atoms with E-state index in [1.54, 1.807) is 0 Å². The van der Waals surface area contributed by atoms with Crippen LogP contribution >= 0.6 is 11.8 Å². The Bertz CT molecular complexity index is 667. The van der Waals surface area contributed by atoms with Crippen molar-refractivity contribution in [2.45, 2.75) is 50.9 Å². The Kier molecular flexibility index (Phi) is 6.16. The average Bonchev–Trinajstić information content (AvgIpc) is 2.80. The molecule has 0 saturated heterocycles. The maximum absolute atomic E-state index is 11.6. The van der Waals surface area contributed by atoms with E-state index in [1.807, 2.05) is 43.9 Å². The molecule has 138 valence electrons. The summed E-state index contributed by atoms with van der Waals surface area (Å²) < 4.78 is 0.260. The minimum Gasteiger partial charge on any atom is -0.392 e. The Balaban J connectivity index is 2.09. The number of aliphatic imine (C=N–C) groups is 1. The summed E-state index contributed by atoms with van der Waals surface area (Å²) in [6.07, 6.45) is -0.263. The highest BCUT2D eigenvalue weighted by Crippen LogP contribution is 2.35. The normalized spacial score (nSPS) is 20.5. The number of primary amides is 1. The van der Waals surface area contributed by atoms with E-state index >= 15 is 0 Å². The van der Waals surface area contributed by atoms with E-state index in [9.17, 15) is 9.90 Å². The molecule has 1 aromatic carbocycles. The Hall–Kier alpha value is -1.53. The molecule has 0 fully saturated rings. The lowest BCUT2D eigenvalue weighted by atomic mass is 9.99. The third kappa shape index (κ3) is 5.22. The van der Waals surface area contributed by atoms with E-state index < -0.39 is 17.9 Å². The number of nitrogens with two attached hydrogens (primary N) is 1. The third-order valence-corrected chi connectivity index (χ3v) is 5.64. The molecule has 2 atom stereocenters. The van der Waals surface area contributed by atoms with Gasteiger partial charge in [0.1, 0.15) is 5.84 Å². The van der Waals surface area contributed by atoms with Crippen molar-refractivity contribution in [3.05, 3.63) is 29.3 Å². The molecule has 1 aliphatic rings. The number of hydrogen-bond donors (Lipinski definition) is 2. The molecule has 25 heavy (non-hydrogen) atoms. The molecule has 3 N–H and O–H groups in total.